The van der Waals surface area contributed by atoms with Crippen molar-refractivity contribution in [1.82, 2.24) is 4.98 Å². The molecule has 0 saturated carbocycles. The lowest BCUT2D eigenvalue weighted by molar-refractivity contribution is -0.147. The number of aromatic nitrogens is 1. The number of methoxy groups -OCH3 is 1. The van der Waals surface area contributed by atoms with Gasteiger partial charge in [-0.2, -0.15) is 13.2 Å². The highest BCUT2D eigenvalue weighted by atomic mass is 19.4. The number of nitrogens with zero attached hydrogens (tertiary/aromatic N) is 1. The van der Waals surface area contributed by atoms with Crippen molar-refractivity contribution in [1.29, 1.82) is 0 Å². The number of hydrogen-bond acceptors (Lipinski definition) is 3. The van der Waals surface area contributed by atoms with Crippen LogP contribution in [0.15, 0.2) is 18.3 Å². The van der Waals surface area contributed by atoms with E-state index in [9.17, 15) is 13.2 Å². The number of ether oxygens (including phenoxy) is 2. The van der Waals surface area contributed by atoms with Gasteiger partial charge in [-0.1, -0.05) is 0 Å². The minimum absolute atomic E-state index is 0.0303. The van der Waals surface area contributed by atoms with Crippen LogP contribution in [0.4, 0.5) is 13.2 Å². The lowest BCUT2D eigenvalue weighted by Gasteiger charge is -2.15. The molecular formula is C10H12F3NO2. The number of alkyl halides is 3. The van der Waals surface area contributed by atoms with Crippen LogP contribution in [-0.2, 0) is 4.74 Å². The molecule has 0 bridgehead atoms. The van der Waals surface area contributed by atoms with E-state index in [-0.39, 0.29) is 12.5 Å². The molecule has 1 aromatic heterocycles. The van der Waals surface area contributed by atoms with Gasteiger partial charge in [-0.25, -0.2) is 0 Å². The molecule has 0 aliphatic rings. The number of pyridine rings is 1. The molecule has 0 saturated heterocycles. The van der Waals surface area contributed by atoms with Gasteiger partial charge in [0.1, 0.15) is 5.75 Å². The average Bonchev–Trinajstić information content (AvgIpc) is 2.25. The van der Waals surface area contributed by atoms with Gasteiger partial charge in [0, 0.05) is 7.11 Å². The predicted molar refractivity (Wildman–Crippen MR) is 51.2 cm³/mol. The van der Waals surface area contributed by atoms with E-state index in [1.165, 1.54) is 25.4 Å². The van der Waals surface area contributed by atoms with Gasteiger partial charge in [-0.3, -0.25) is 4.98 Å². The van der Waals surface area contributed by atoms with Crippen LogP contribution in [0.25, 0.3) is 0 Å². The van der Waals surface area contributed by atoms with Crippen LogP contribution >= 0.6 is 0 Å². The maximum absolute atomic E-state index is 12.3. The first-order chi connectivity index (χ1) is 7.45. The summed E-state index contributed by atoms with van der Waals surface area (Å²) in [6.45, 7) is 1.11. The highest BCUT2D eigenvalue weighted by Gasteiger charge is 2.37. The maximum atomic E-state index is 12.3. The van der Waals surface area contributed by atoms with E-state index in [1.807, 2.05) is 0 Å². The Morgan fingerprint density at radius 1 is 1.38 bits per heavy atom. The highest BCUT2D eigenvalue weighted by Crippen LogP contribution is 2.33. The second-order valence-electron chi connectivity index (χ2n) is 3.23. The average molecular weight is 235 g/mol. The Balaban J connectivity index is 2.71. The molecule has 0 fully saturated rings. The first kappa shape index (κ1) is 12.8. The molecule has 1 atom stereocenters. The Labute approximate surface area is 91.2 Å². The lowest BCUT2D eigenvalue weighted by Crippen LogP contribution is -2.18. The van der Waals surface area contributed by atoms with Gasteiger partial charge in [0.2, 0.25) is 0 Å². The van der Waals surface area contributed by atoms with Crippen molar-refractivity contribution in [3.63, 3.8) is 0 Å². The molecule has 1 rings (SSSR count). The van der Waals surface area contributed by atoms with E-state index in [2.05, 4.69) is 9.72 Å². The summed E-state index contributed by atoms with van der Waals surface area (Å²) < 4.78 is 46.7. The van der Waals surface area contributed by atoms with Crippen LogP contribution < -0.4 is 4.74 Å². The van der Waals surface area contributed by atoms with Crippen molar-refractivity contribution in [3.05, 3.63) is 24.0 Å². The van der Waals surface area contributed by atoms with Crippen LogP contribution in [-0.4, -0.2) is 25.1 Å². The topological polar surface area (TPSA) is 31.4 Å². The Kier molecular flexibility index (Phi) is 4.12. The molecule has 0 amide bonds. The lowest BCUT2D eigenvalue weighted by atomic mass is 10.1. The summed E-state index contributed by atoms with van der Waals surface area (Å²) in [5, 5.41) is 0. The third kappa shape index (κ3) is 3.37. The summed E-state index contributed by atoms with van der Waals surface area (Å²) in [5.74, 6) is -1.20. The molecule has 3 nitrogen and oxygen atoms in total. The van der Waals surface area contributed by atoms with Gasteiger partial charge in [-0.05, 0) is 19.1 Å². The second-order valence-corrected chi connectivity index (χ2v) is 3.23. The molecule has 0 aliphatic heterocycles. The van der Waals surface area contributed by atoms with Gasteiger partial charge < -0.3 is 9.47 Å². The monoisotopic (exact) mass is 235 g/mol. The van der Waals surface area contributed by atoms with E-state index < -0.39 is 12.1 Å². The molecule has 0 aliphatic carbocycles. The van der Waals surface area contributed by atoms with Crippen LogP contribution in [0.3, 0.4) is 0 Å². The molecule has 0 radical (unpaired) electrons. The summed E-state index contributed by atoms with van der Waals surface area (Å²) in [7, 11) is 1.45. The summed E-state index contributed by atoms with van der Waals surface area (Å²) in [6, 6.07) is 2.73. The van der Waals surface area contributed by atoms with Crippen LogP contribution in [0.5, 0.6) is 5.75 Å². The van der Waals surface area contributed by atoms with Crippen LogP contribution in [0.1, 0.15) is 18.5 Å². The largest absolute Gasteiger partial charge is 0.466 e. The van der Waals surface area contributed by atoms with E-state index in [0.29, 0.717) is 5.75 Å². The fourth-order valence-electron chi connectivity index (χ4n) is 1.03. The zero-order valence-electron chi connectivity index (χ0n) is 8.91. The van der Waals surface area contributed by atoms with Crippen molar-refractivity contribution in [3.8, 4) is 5.75 Å². The Hall–Kier alpha value is -1.30. The molecule has 0 spiro atoms. The summed E-state index contributed by atoms with van der Waals surface area (Å²) >= 11 is 0. The SMILES string of the molecule is COCOc1ccc(C(C)C(F)(F)F)nc1. The van der Waals surface area contributed by atoms with Gasteiger partial charge >= 0.3 is 6.18 Å². The normalized spacial score (nSPS) is 13.6. The van der Waals surface area contributed by atoms with Gasteiger partial charge in [0.05, 0.1) is 17.8 Å². The van der Waals surface area contributed by atoms with E-state index in [4.69, 9.17) is 4.74 Å². The minimum atomic E-state index is -4.28. The fraction of sp³-hybridized carbons (Fsp3) is 0.500. The molecular weight excluding hydrogens is 223 g/mol. The van der Waals surface area contributed by atoms with Crippen LogP contribution in [0, 0.1) is 0 Å². The molecule has 0 aromatic carbocycles. The molecule has 0 N–H and O–H groups in total. The molecule has 16 heavy (non-hydrogen) atoms. The summed E-state index contributed by atoms with van der Waals surface area (Å²) in [6.07, 6.45) is -3.03. The van der Waals surface area contributed by atoms with E-state index in [0.717, 1.165) is 6.92 Å². The van der Waals surface area contributed by atoms with E-state index in [1.54, 1.807) is 0 Å². The Morgan fingerprint density at radius 2 is 2.06 bits per heavy atom. The first-order valence-electron chi connectivity index (χ1n) is 4.59. The van der Waals surface area contributed by atoms with Crippen molar-refractivity contribution in [2.24, 2.45) is 0 Å². The van der Waals surface area contributed by atoms with Gasteiger partial charge in [0.25, 0.3) is 0 Å². The predicted octanol–water partition coefficient (Wildman–Crippen LogP) is 2.73. The quantitative estimate of drug-likeness (QED) is 0.752. The first-order valence-corrected chi connectivity index (χ1v) is 4.59. The fourth-order valence-corrected chi connectivity index (χ4v) is 1.03. The van der Waals surface area contributed by atoms with Crippen LogP contribution in [0.2, 0.25) is 0 Å². The molecule has 1 heterocycles. The maximum Gasteiger partial charge on any atom is 0.396 e. The van der Waals surface area contributed by atoms with E-state index >= 15 is 0 Å². The molecule has 1 unspecified atom stereocenters. The molecule has 1 aromatic rings. The summed E-state index contributed by atoms with van der Waals surface area (Å²) in [5.41, 5.74) is -0.0303. The number of halogens is 3. The Morgan fingerprint density at radius 3 is 2.50 bits per heavy atom. The zero-order valence-corrected chi connectivity index (χ0v) is 8.91. The Bertz CT molecular complexity index is 324. The number of hydrogen-bond donors (Lipinski definition) is 0. The smallest absolute Gasteiger partial charge is 0.396 e. The van der Waals surface area contributed by atoms with Crippen molar-refractivity contribution in [2.45, 2.75) is 19.0 Å². The summed E-state index contributed by atoms with van der Waals surface area (Å²) in [4.78, 5) is 3.70. The van der Waals surface area contributed by atoms with Gasteiger partial charge in [-0.15, -0.1) is 0 Å². The molecule has 90 valence electrons. The third-order valence-corrected chi connectivity index (χ3v) is 2.04. The zero-order chi connectivity index (χ0) is 12.2. The van der Waals surface area contributed by atoms with Crippen molar-refractivity contribution in [2.75, 3.05) is 13.9 Å². The standard InChI is InChI=1S/C10H12F3NO2/c1-7(10(11,12)13)9-4-3-8(5-14-9)16-6-15-2/h3-5,7H,6H2,1-2H3. The third-order valence-electron chi connectivity index (χ3n) is 2.04. The second kappa shape index (κ2) is 5.16. The highest BCUT2D eigenvalue weighted by molar-refractivity contribution is 5.22. The number of rotatable bonds is 4. The van der Waals surface area contributed by atoms with Crippen molar-refractivity contribution >= 4 is 0 Å². The van der Waals surface area contributed by atoms with Gasteiger partial charge in [0.15, 0.2) is 6.79 Å². The molecule has 6 heteroatoms. The van der Waals surface area contributed by atoms with Crippen molar-refractivity contribution < 1.29 is 22.6 Å². The minimum Gasteiger partial charge on any atom is -0.466 e.